The summed E-state index contributed by atoms with van der Waals surface area (Å²) in [4.78, 5) is 4.54. The van der Waals surface area contributed by atoms with Crippen LogP contribution in [0.3, 0.4) is 0 Å². The van der Waals surface area contributed by atoms with E-state index in [0.717, 1.165) is 35.5 Å². The van der Waals surface area contributed by atoms with E-state index in [-0.39, 0.29) is 0 Å². The van der Waals surface area contributed by atoms with Gasteiger partial charge in [0, 0.05) is 12.8 Å². The van der Waals surface area contributed by atoms with Crippen molar-refractivity contribution >= 4 is 5.71 Å². The summed E-state index contributed by atoms with van der Waals surface area (Å²) < 4.78 is 0. The molecular weight excluding hydrogens is 350 g/mol. The van der Waals surface area contributed by atoms with Crippen molar-refractivity contribution in [3.05, 3.63) is 11.6 Å². The Morgan fingerprint density at radius 3 is 2.48 bits per heavy atom. The molecule has 0 radical (unpaired) electrons. The summed E-state index contributed by atoms with van der Waals surface area (Å²) in [7, 11) is 1.98. The molecule has 0 aliphatic heterocycles. The minimum Gasteiger partial charge on any atom is -0.293 e. The average Bonchev–Trinajstić information content (AvgIpc) is 3.04. The van der Waals surface area contributed by atoms with E-state index in [1.807, 2.05) is 7.05 Å². The number of hydrogen-bond donors (Lipinski definition) is 0. The Labute approximate surface area is 181 Å². The summed E-state index contributed by atoms with van der Waals surface area (Å²) in [6, 6.07) is 0. The van der Waals surface area contributed by atoms with Gasteiger partial charge >= 0.3 is 0 Å². The molecule has 164 valence electrons. The van der Waals surface area contributed by atoms with Crippen LogP contribution in [0.15, 0.2) is 16.6 Å². The summed E-state index contributed by atoms with van der Waals surface area (Å²) in [5.41, 5.74) is 4.21. The third kappa shape index (κ3) is 3.67. The molecule has 0 amide bonds. The maximum Gasteiger partial charge on any atom is 0.0344 e. The van der Waals surface area contributed by atoms with Crippen LogP contribution < -0.4 is 0 Å². The molecule has 4 aliphatic carbocycles. The first-order chi connectivity index (χ1) is 13.8. The van der Waals surface area contributed by atoms with Gasteiger partial charge in [-0.25, -0.2) is 0 Å². The molecule has 7 atom stereocenters. The fourth-order valence-corrected chi connectivity index (χ4v) is 8.77. The number of hydrogen-bond acceptors (Lipinski definition) is 1. The smallest absolute Gasteiger partial charge is 0.0344 e. The van der Waals surface area contributed by atoms with Crippen molar-refractivity contribution in [2.75, 3.05) is 7.05 Å². The second kappa shape index (κ2) is 8.16. The molecule has 0 unspecified atom stereocenters. The van der Waals surface area contributed by atoms with Crippen LogP contribution >= 0.6 is 0 Å². The molecule has 0 N–H and O–H groups in total. The van der Waals surface area contributed by atoms with E-state index >= 15 is 0 Å². The molecule has 3 saturated carbocycles. The molecule has 29 heavy (non-hydrogen) atoms. The SMILES string of the molecule is C/N=C1\C=C2CC[C@H]3[C@@H]4CC[C@H]([C@H](C)CCCC(C)C)[C@@]4(C)CC[C@@H]3[C@@]2(C)CC1. The standard InChI is InChI=1S/C28H47N/c1-19(2)8-7-9-20(3)24-12-13-25-23-11-10-21-18-22(29-6)14-16-27(21,4)26(23)15-17-28(24,25)5/h18-20,23-26H,7-17H2,1-6H3/b29-22-/t20-,23+,24-,25+,26+,27+,28-/m1/s1. The summed E-state index contributed by atoms with van der Waals surface area (Å²) in [5, 5.41) is 0. The molecule has 1 heteroatoms. The second-order valence-electron chi connectivity index (χ2n) is 12.2. The van der Waals surface area contributed by atoms with Gasteiger partial charge in [-0.2, -0.15) is 0 Å². The third-order valence-corrected chi connectivity index (χ3v) is 10.5. The van der Waals surface area contributed by atoms with E-state index in [1.165, 1.54) is 76.3 Å². The molecule has 1 nitrogen and oxygen atoms in total. The van der Waals surface area contributed by atoms with Gasteiger partial charge in [0.25, 0.3) is 0 Å². The number of fused-ring (bicyclic) bond motifs is 5. The molecule has 0 spiro atoms. The van der Waals surface area contributed by atoms with Gasteiger partial charge in [-0.3, -0.25) is 4.99 Å². The Morgan fingerprint density at radius 1 is 0.966 bits per heavy atom. The predicted octanol–water partition coefficient (Wildman–Crippen LogP) is 8.10. The molecular formula is C28H47N. The summed E-state index contributed by atoms with van der Waals surface area (Å²) in [5.74, 6) is 5.70. The van der Waals surface area contributed by atoms with E-state index in [9.17, 15) is 0 Å². The second-order valence-corrected chi connectivity index (χ2v) is 12.2. The fourth-order valence-electron chi connectivity index (χ4n) is 8.77. The van der Waals surface area contributed by atoms with Gasteiger partial charge in [0.2, 0.25) is 0 Å². The van der Waals surface area contributed by atoms with Gasteiger partial charge in [0.05, 0.1) is 0 Å². The van der Waals surface area contributed by atoms with Gasteiger partial charge in [-0.1, -0.05) is 59.5 Å². The van der Waals surface area contributed by atoms with Crippen molar-refractivity contribution in [2.24, 2.45) is 51.3 Å². The Hall–Kier alpha value is -0.590. The van der Waals surface area contributed by atoms with E-state index in [2.05, 4.69) is 45.7 Å². The molecule has 3 fully saturated rings. The Morgan fingerprint density at radius 2 is 1.76 bits per heavy atom. The maximum atomic E-state index is 4.54. The number of allylic oxidation sites excluding steroid dienone is 2. The third-order valence-electron chi connectivity index (χ3n) is 10.5. The van der Waals surface area contributed by atoms with E-state index in [1.54, 1.807) is 5.57 Å². The Bertz CT molecular complexity index is 657. The van der Waals surface area contributed by atoms with Gasteiger partial charge in [-0.15, -0.1) is 0 Å². The summed E-state index contributed by atoms with van der Waals surface area (Å²) >= 11 is 0. The van der Waals surface area contributed by atoms with Crippen LogP contribution in [-0.4, -0.2) is 12.8 Å². The van der Waals surface area contributed by atoms with Crippen LogP contribution in [0.5, 0.6) is 0 Å². The summed E-state index contributed by atoms with van der Waals surface area (Å²) in [6.07, 6.45) is 18.2. The summed E-state index contributed by atoms with van der Waals surface area (Å²) in [6.45, 7) is 12.7. The van der Waals surface area contributed by atoms with Crippen LogP contribution in [0, 0.1) is 46.3 Å². The zero-order chi connectivity index (χ0) is 20.8. The predicted molar refractivity (Wildman–Crippen MR) is 126 cm³/mol. The van der Waals surface area contributed by atoms with E-state index in [0.29, 0.717) is 10.8 Å². The molecule has 0 bridgehead atoms. The van der Waals surface area contributed by atoms with Gasteiger partial charge in [0.15, 0.2) is 0 Å². The minimum absolute atomic E-state index is 0.472. The molecule has 0 aromatic heterocycles. The minimum atomic E-state index is 0.472. The molecule has 0 aromatic rings. The lowest BCUT2D eigenvalue weighted by Crippen LogP contribution is -2.51. The van der Waals surface area contributed by atoms with Gasteiger partial charge < -0.3 is 0 Å². The molecule has 4 aliphatic rings. The number of aliphatic imine (C=N–C) groups is 1. The van der Waals surface area contributed by atoms with Crippen molar-refractivity contribution in [1.82, 2.24) is 0 Å². The lowest BCUT2D eigenvalue weighted by molar-refractivity contribution is -0.0573. The van der Waals surface area contributed by atoms with E-state index in [4.69, 9.17) is 0 Å². The normalized spacial score (nSPS) is 44.2. The average molecular weight is 398 g/mol. The van der Waals surface area contributed by atoms with Crippen LogP contribution in [0.2, 0.25) is 0 Å². The molecule has 0 heterocycles. The van der Waals surface area contributed by atoms with Crippen molar-refractivity contribution < 1.29 is 0 Å². The highest BCUT2D eigenvalue weighted by Gasteiger charge is 2.59. The largest absolute Gasteiger partial charge is 0.293 e. The Kier molecular flexibility index (Phi) is 6.09. The highest BCUT2D eigenvalue weighted by Crippen LogP contribution is 2.67. The number of nitrogens with zero attached hydrogens (tertiary/aromatic N) is 1. The van der Waals surface area contributed by atoms with Crippen LogP contribution in [0.4, 0.5) is 0 Å². The number of rotatable bonds is 5. The van der Waals surface area contributed by atoms with Crippen molar-refractivity contribution in [2.45, 2.75) is 105 Å². The highest BCUT2D eigenvalue weighted by atomic mass is 14.7. The van der Waals surface area contributed by atoms with Gasteiger partial charge in [-0.05, 0) is 104 Å². The lowest BCUT2D eigenvalue weighted by atomic mass is 9.46. The quantitative estimate of drug-likeness (QED) is 0.444. The fraction of sp³-hybridized carbons (Fsp3) is 0.893. The zero-order valence-corrected chi connectivity index (χ0v) is 20.3. The highest BCUT2D eigenvalue weighted by molar-refractivity contribution is 5.96. The lowest BCUT2D eigenvalue weighted by Gasteiger charge is -2.58. The van der Waals surface area contributed by atoms with Crippen molar-refractivity contribution in [3.63, 3.8) is 0 Å². The van der Waals surface area contributed by atoms with E-state index < -0.39 is 0 Å². The van der Waals surface area contributed by atoms with Crippen LogP contribution in [0.25, 0.3) is 0 Å². The first-order valence-electron chi connectivity index (χ1n) is 13.0. The van der Waals surface area contributed by atoms with Crippen LogP contribution in [-0.2, 0) is 0 Å². The topological polar surface area (TPSA) is 12.4 Å². The van der Waals surface area contributed by atoms with Crippen LogP contribution in [0.1, 0.15) is 105 Å². The van der Waals surface area contributed by atoms with Crippen molar-refractivity contribution in [3.8, 4) is 0 Å². The first kappa shape index (κ1) is 21.6. The maximum absolute atomic E-state index is 4.54. The molecule has 0 saturated heterocycles. The molecule has 4 rings (SSSR count). The zero-order valence-electron chi connectivity index (χ0n) is 20.3. The molecule has 0 aromatic carbocycles. The van der Waals surface area contributed by atoms with Gasteiger partial charge in [0.1, 0.15) is 0 Å². The van der Waals surface area contributed by atoms with Crippen molar-refractivity contribution in [1.29, 1.82) is 0 Å². The monoisotopic (exact) mass is 397 g/mol. The Balaban J connectivity index is 1.49. The first-order valence-corrected chi connectivity index (χ1v) is 13.0.